The highest BCUT2D eigenvalue weighted by Crippen LogP contribution is 2.35. The summed E-state index contributed by atoms with van der Waals surface area (Å²) in [6, 6.07) is 0. The Kier molecular flexibility index (Phi) is 3.22. The summed E-state index contributed by atoms with van der Waals surface area (Å²) in [7, 11) is 0. The van der Waals surface area contributed by atoms with Gasteiger partial charge in [-0.25, -0.2) is 14.8 Å². The van der Waals surface area contributed by atoms with Crippen molar-refractivity contribution in [1.82, 2.24) is 9.97 Å². The van der Waals surface area contributed by atoms with E-state index in [-0.39, 0.29) is 0 Å². The lowest BCUT2D eigenvalue weighted by Crippen LogP contribution is -2.23. The summed E-state index contributed by atoms with van der Waals surface area (Å²) in [4.78, 5) is 21.8. The zero-order chi connectivity index (χ0) is 14.4. The van der Waals surface area contributed by atoms with Gasteiger partial charge in [-0.3, -0.25) is 0 Å². The molecule has 0 saturated heterocycles. The van der Waals surface area contributed by atoms with Gasteiger partial charge in [0.25, 0.3) is 0 Å². The number of anilines is 1. The van der Waals surface area contributed by atoms with Gasteiger partial charge in [0.05, 0.1) is 16.8 Å². The maximum absolute atomic E-state index is 12.1. The van der Waals surface area contributed by atoms with Gasteiger partial charge in [0.15, 0.2) is 0 Å². The van der Waals surface area contributed by atoms with Crippen LogP contribution < -0.4 is 5.73 Å². The zero-order valence-corrected chi connectivity index (χ0v) is 12.5. The number of aromatic nitrogens is 2. The average Bonchev–Trinajstić information content (AvgIpc) is 2.53. The number of carbonyl (C=O) groups excluding carboxylic acids is 1. The lowest BCUT2D eigenvalue weighted by Gasteiger charge is -2.18. The first-order valence-corrected chi connectivity index (χ1v) is 6.77. The molecule has 0 spiro atoms. The van der Waals surface area contributed by atoms with Crippen LogP contribution >= 0.6 is 11.3 Å². The first kappa shape index (κ1) is 13.7. The molecule has 0 aromatic carbocycles. The first-order chi connectivity index (χ1) is 8.69. The summed E-state index contributed by atoms with van der Waals surface area (Å²) in [6.45, 7) is 9.14. The molecule has 0 bridgehead atoms. The Bertz CT molecular complexity index is 656. The van der Waals surface area contributed by atoms with Crippen LogP contribution in [0.2, 0.25) is 0 Å². The van der Waals surface area contributed by atoms with Crippen molar-refractivity contribution in [3.8, 4) is 0 Å². The number of carbonyl (C=O) groups is 1. The van der Waals surface area contributed by atoms with Gasteiger partial charge in [-0.15, -0.1) is 11.3 Å². The van der Waals surface area contributed by atoms with Crippen LogP contribution in [0.1, 0.15) is 42.0 Å². The van der Waals surface area contributed by atoms with E-state index >= 15 is 0 Å². The van der Waals surface area contributed by atoms with E-state index in [2.05, 4.69) is 9.97 Å². The molecular weight excluding hydrogens is 262 g/mol. The third-order valence-corrected chi connectivity index (χ3v) is 3.54. The Morgan fingerprint density at radius 2 is 1.89 bits per heavy atom. The van der Waals surface area contributed by atoms with E-state index in [1.165, 1.54) is 11.3 Å². The normalized spacial score (nSPS) is 11.8. The SMILES string of the molecule is Cc1nc(C)c2c(N)c(C(=O)OC(C)(C)C)sc2n1. The molecule has 2 rings (SSSR count). The quantitative estimate of drug-likeness (QED) is 0.812. The summed E-state index contributed by atoms with van der Waals surface area (Å²) < 4.78 is 5.35. The molecule has 0 aliphatic rings. The van der Waals surface area contributed by atoms with Crippen molar-refractivity contribution in [2.24, 2.45) is 0 Å². The van der Waals surface area contributed by atoms with Gasteiger partial charge in [-0.2, -0.15) is 0 Å². The van der Waals surface area contributed by atoms with Crippen molar-refractivity contribution >= 4 is 33.2 Å². The van der Waals surface area contributed by atoms with Crippen molar-refractivity contribution in [3.05, 3.63) is 16.4 Å². The second kappa shape index (κ2) is 4.45. The molecule has 0 radical (unpaired) electrons. The maximum Gasteiger partial charge on any atom is 0.351 e. The van der Waals surface area contributed by atoms with Crippen molar-refractivity contribution in [1.29, 1.82) is 0 Å². The van der Waals surface area contributed by atoms with Gasteiger partial charge in [-0.1, -0.05) is 0 Å². The number of aryl methyl sites for hydroxylation is 2. The van der Waals surface area contributed by atoms with Crippen molar-refractivity contribution < 1.29 is 9.53 Å². The van der Waals surface area contributed by atoms with Gasteiger partial charge in [-0.05, 0) is 34.6 Å². The number of nitrogens with zero attached hydrogens (tertiary/aromatic N) is 2. The molecule has 19 heavy (non-hydrogen) atoms. The summed E-state index contributed by atoms with van der Waals surface area (Å²) >= 11 is 1.25. The zero-order valence-electron chi connectivity index (χ0n) is 11.7. The molecule has 0 amide bonds. The predicted molar refractivity (Wildman–Crippen MR) is 76.5 cm³/mol. The van der Waals surface area contributed by atoms with E-state index < -0.39 is 11.6 Å². The molecule has 0 atom stereocenters. The Balaban J connectivity index is 2.54. The topological polar surface area (TPSA) is 78.1 Å². The van der Waals surface area contributed by atoms with E-state index in [9.17, 15) is 4.79 Å². The number of hydrogen-bond acceptors (Lipinski definition) is 6. The lowest BCUT2D eigenvalue weighted by molar-refractivity contribution is 0.00765. The van der Waals surface area contributed by atoms with E-state index in [4.69, 9.17) is 10.5 Å². The Morgan fingerprint density at radius 1 is 1.26 bits per heavy atom. The number of hydrogen-bond donors (Lipinski definition) is 1. The highest BCUT2D eigenvalue weighted by molar-refractivity contribution is 7.21. The molecule has 2 aromatic rings. The number of ether oxygens (including phenoxy) is 1. The number of nitrogen functional groups attached to an aromatic ring is 1. The number of esters is 1. The minimum Gasteiger partial charge on any atom is -0.456 e. The van der Waals surface area contributed by atoms with E-state index in [0.717, 1.165) is 15.9 Å². The van der Waals surface area contributed by atoms with Gasteiger partial charge >= 0.3 is 5.97 Å². The monoisotopic (exact) mass is 279 g/mol. The Labute approximate surface area is 115 Å². The molecule has 0 saturated carbocycles. The van der Waals surface area contributed by atoms with Gasteiger partial charge in [0.1, 0.15) is 21.1 Å². The summed E-state index contributed by atoms with van der Waals surface area (Å²) in [5, 5.41) is 0.747. The minimum absolute atomic E-state index is 0.396. The van der Waals surface area contributed by atoms with Crippen molar-refractivity contribution in [2.75, 3.05) is 5.73 Å². The average molecular weight is 279 g/mol. The van der Waals surface area contributed by atoms with Gasteiger partial charge in [0, 0.05) is 0 Å². The van der Waals surface area contributed by atoms with E-state index in [1.54, 1.807) is 0 Å². The minimum atomic E-state index is -0.545. The van der Waals surface area contributed by atoms with Crippen LogP contribution in [0.5, 0.6) is 0 Å². The molecule has 5 nitrogen and oxygen atoms in total. The van der Waals surface area contributed by atoms with Crippen LogP contribution in [0.4, 0.5) is 5.69 Å². The Morgan fingerprint density at radius 3 is 2.47 bits per heavy atom. The Hall–Kier alpha value is -1.69. The fraction of sp³-hybridized carbons (Fsp3) is 0.462. The number of rotatable bonds is 1. The molecule has 2 N–H and O–H groups in total. The highest BCUT2D eigenvalue weighted by Gasteiger charge is 2.24. The highest BCUT2D eigenvalue weighted by atomic mass is 32.1. The molecule has 6 heteroatoms. The predicted octanol–water partition coefficient (Wildman–Crippen LogP) is 2.85. The van der Waals surface area contributed by atoms with Gasteiger partial charge < -0.3 is 10.5 Å². The third-order valence-electron chi connectivity index (χ3n) is 2.47. The number of thiophene rings is 1. The molecule has 2 heterocycles. The molecule has 102 valence electrons. The van der Waals surface area contributed by atoms with Crippen LogP contribution in [-0.2, 0) is 4.74 Å². The molecule has 0 unspecified atom stereocenters. The fourth-order valence-corrected chi connectivity index (χ4v) is 2.87. The molecule has 2 aromatic heterocycles. The molecule has 0 aliphatic heterocycles. The lowest BCUT2D eigenvalue weighted by atomic mass is 10.2. The summed E-state index contributed by atoms with van der Waals surface area (Å²) in [6.07, 6.45) is 0. The van der Waals surface area contributed by atoms with Crippen LogP contribution in [0.15, 0.2) is 0 Å². The van der Waals surface area contributed by atoms with Crippen LogP contribution in [0.3, 0.4) is 0 Å². The fourth-order valence-electron chi connectivity index (χ4n) is 1.81. The maximum atomic E-state index is 12.1. The molecule has 0 fully saturated rings. The number of nitrogens with two attached hydrogens (primary N) is 1. The second-order valence-electron chi connectivity index (χ2n) is 5.38. The van der Waals surface area contributed by atoms with Crippen LogP contribution in [0.25, 0.3) is 10.2 Å². The second-order valence-corrected chi connectivity index (χ2v) is 6.38. The van der Waals surface area contributed by atoms with Crippen molar-refractivity contribution in [3.63, 3.8) is 0 Å². The van der Waals surface area contributed by atoms with Crippen LogP contribution in [-0.4, -0.2) is 21.5 Å². The number of fused-ring (bicyclic) bond motifs is 1. The van der Waals surface area contributed by atoms with Gasteiger partial charge in [0.2, 0.25) is 0 Å². The summed E-state index contributed by atoms with van der Waals surface area (Å²) in [5.41, 5.74) is 6.69. The standard InChI is InChI=1S/C13H17N3O2S/c1-6-8-9(14)10(12(17)18-13(3,4)5)19-11(8)16-7(2)15-6/h14H2,1-5H3. The smallest absolute Gasteiger partial charge is 0.351 e. The third kappa shape index (κ3) is 2.68. The van der Waals surface area contributed by atoms with Crippen molar-refractivity contribution in [2.45, 2.75) is 40.2 Å². The first-order valence-electron chi connectivity index (χ1n) is 5.95. The summed E-state index contributed by atoms with van der Waals surface area (Å²) in [5.74, 6) is 0.257. The largest absolute Gasteiger partial charge is 0.456 e. The van der Waals surface area contributed by atoms with Crippen LogP contribution in [0, 0.1) is 13.8 Å². The van der Waals surface area contributed by atoms with E-state index in [1.807, 2.05) is 34.6 Å². The molecular formula is C13H17N3O2S. The molecule has 0 aliphatic carbocycles. The van der Waals surface area contributed by atoms with E-state index in [0.29, 0.717) is 16.4 Å².